The molecule has 24 heavy (non-hydrogen) atoms. The fraction of sp³-hybridized carbons (Fsp3) is 0.556. The van der Waals surface area contributed by atoms with Gasteiger partial charge in [-0.1, -0.05) is 6.92 Å². The molecule has 132 valence electrons. The standard InChI is InChI=1S/C18H26BrN3O2/c1-6-12(7-8-20-17(23)24-18(2,3)4)15-10-14-16(22(15)5)9-13(19)11-21-14/h9-12H,6-8H2,1-5H3,(H,20,23). The number of carbonyl (C=O) groups excluding carboxylic acids is 1. The predicted octanol–water partition coefficient (Wildman–Crippen LogP) is 4.74. The Bertz CT molecular complexity index is 719. The number of aromatic nitrogens is 2. The number of amides is 1. The van der Waals surface area contributed by atoms with E-state index < -0.39 is 5.60 Å². The smallest absolute Gasteiger partial charge is 0.407 e. The largest absolute Gasteiger partial charge is 0.444 e. The Morgan fingerprint density at radius 3 is 2.75 bits per heavy atom. The third-order valence-electron chi connectivity index (χ3n) is 3.97. The predicted molar refractivity (Wildman–Crippen MR) is 100 cm³/mol. The molecule has 5 nitrogen and oxygen atoms in total. The van der Waals surface area contributed by atoms with E-state index in [4.69, 9.17) is 4.74 Å². The molecule has 2 aromatic heterocycles. The summed E-state index contributed by atoms with van der Waals surface area (Å²) in [7, 11) is 2.07. The maximum absolute atomic E-state index is 11.8. The van der Waals surface area contributed by atoms with E-state index in [1.807, 2.05) is 27.0 Å². The SMILES string of the molecule is CCC(CCNC(=O)OC(C)(C)C)c1cc2ncc(Br)cc2n1C. The number of halogens is 1. The molecule has 2 heterocycles. The lowest BCUT2D eigenvalue weighted by Crippen LogP contribution is -2.33. The molecule has 0 aliphatic rings. The Hall–Kier alpha value is -1.56. The molecule has 0 aromatic carbocycles. The highest BCUT2D eigenvalue weighted by atomic mass is 79.9. The van der Waals surface area contributed by atoms with Gasteiger partial charge in [0.05, 0.1) is 11.0 Å². The van der Waals surface area contributed by atoms with E-state index in [1.165, 1.54) is 5.69 Å². The minimum absolute atomic E-state index is 0.359. The van der Waals surface area contributed by atoms with Gasteiger partial charge < -0.3 is 14.6 Å². The van der Waals surface area contributed by atoms with Crippen molar-refractivity contribution >= 4 is 33.1 Å². The number of carbonyl (C=O) groups is 1. The first-order chi connectivity index (χ1) is 11.2. The minimum Gasteiger partial charge on any atom is -0.444 e. The molecular weight excluding hydrogens is 370 g/mol. The zero-order valence-electron chi connectivity index (χ0n) is 15.0. The average Bonchev–Trinajstić information content (AvgIpc) is 2.79. The third kappa shape index (κ3) is 4.72. The minimum atomic E-state index is -0.469. The van der Waals surface area contributed by atoms with Crippen LogP contribution in [-0.2, 0) is 11.8 Å². The second-order valence-corrected chi connectivity index (χ2v) is 7.92. The van der Waals surface area contributed by atoms with Crippen molar-refractivity contribution in [2.24, 2.45) is 7.05 Å². The Morgan fingerprint density at radius 1 is 1.42 bits per heavy atom. The van der Waals surface area contributed by atoms with Gasteiger partial charge in [0.1, 0.15) is 5.60 Å². The van der Waals surface area contributed by atoms with Crippen molar-refractivity contribution in [2.45, 2.75) is 52.1 Å². The molecule has 0 fully saturated rings. The first-order valence-electron chi connectivity index (χ1n) is 8.29. The van der Waals surface area contributed by atoms with Gasteiger partial charge in [0.15, 0.2) is 0 Å². The van der Waals surface area contributed by atoms with Crippen molar-refractivity contribution in [1.29, 1.82) is 0 Å². The number of alkyl carbamates (subject to hydrolysis) is 1. The summed E-state index contributed by atoms with van der Waals surface area (Å²) in [5, 5.41) is 2.84. The molecule has 1 amide bonds. The van der Waals surface area contributed by atoms with Crippen LogP contribution in [0.5, 0.6) is 0 Å². The quantitative estimate of drug-likeness (QED) is 0.794. The van der Waals surface area contributed by atoms with Gasteiger partial charge in [-0.2, -0.15) is 0 Å². The van der Waals surface area contributed by atoms with Gasteiger partial charge in [0, 0.05) is 35.9 Å². The van der Waals surface area contributed by atoms with Crippen molar-refractivity contribution in [3.8, 4) is 0 Å². The summed E-state index contributed by atoms with van der Waals surface area (Å²) in [6.07, 6.45) is 3.32. The molecule has 2 aromatic rings. The zero-order valence-corrected chi connectivity index (χ0v) is 16.6. The molecule has 0 spiro atoms. The third-order valence-corrected chi connectivity index (χ3v) is 4.40. The van der Waals surface area contributed by atoms with Crippen LogP contribution in [0.25, 0.3) is 11.0 Å². The van der Waals surface area contributed by atoms with Crippen LogP contribution >= 0.6 is 15.9 Å². The highest BCUT2D eigenvalue weighted by Crippen LogP contribution is 2.29. The van der Waals surface area contributed by atoms with E-state index in [2.05, 4.69) is 56.9 Å². The topological polar surface area (TPSA) is 56.1 Å². The van der Waals surface area contributed by atoms with Gasteiger partial charge in [0.25, 0.3) is 0 Å². The Morgan fingerprint density at radius 2 is 2.12 bits per heavy atom. The lowest BCUT2D eigenvalue weighted by molar-refractivity contribution is 0.0526. The second kappa shape index (κ2) is 7.55. The number of rotatable bonds is 5. The molecule has 2 rings (SSSR count). The van der Waals surface area contributed by atoms with Crippen molar-refractivity contribution in [2.75, 3.05) is 6.54 Å². The van der Waals surface area contributed by atoms with Gasteiger partial charge in [-0.05, 0) is 61.7 Å². The first-order valence-corrected chi connectivity index (χ1v) is 9.08. The van der Waals surface area contributed by atoms with Crippen LogP contribution in [0, 0.1) is 0 Å². The van der Waals surface area contributed by atoms with E-state index in [0.717, 1.165) is 28.3 Å². The molecule has 1 unspecified atom stereocenters. The fourth-order valence-electron chi connectivity index (χ4n) is 2.81. The maximum Gasteiger partial charge on any atom is 0.407 e. The highest BCUT2D eigenvalue weighted by Gasteiger charge is 2.18. The fourth-order valence-corrected chi connectivity index (χ4v) is 3.13. The summed E-state index contributed by atoms with van der Waals surface area (Å²) in [5.74, 6) is 0.359. The number of hydrogen-bond donors (Lipinski definition) is 1. The number of ether oxygens (including phenoxy) is 1. The summed E-state index contributed by atoms with van der Waals surface area (Å²) >= 11 is 3.47. The maximum atomic E-state index is 11.8. The first kappa shape index (κ1) is 18.8. The summed E-state index contributed by atoms with van der Waals surface area (Å²) in [6, 6.07) is 4.22. The Labute approximate surface area is 151 Å². The molecule has 1 N–H and O–H groups in total. The van der Waals surface area contributed by atoms with E-state index >= 15 is 0 Å². The lowest BCUT2D eigenvalue weighted by Gasteiger charge is -2.21. The Balaban J connectivity index is 2.04. The van der Waals surface area contributed by atoms with Crippen molar-refractivity contribution in [1.82, 2.24) is 14.9 Å². The van der Waals surface area contributed by atoms with Crippen molar-refractivity contribution < 1.29 is 9.53 Å². The monoisotopic (exact) mass is 395 g/mol. The van der Waals surface area contributed by atoms with Crippen LogP contribution in [0.4, 0.5) is 4.79 Å². The van der Waals surface area contributed by atoms with Gasteiger partial charge in [-0.3, -0.25) is 4.98 Å². The van der Waals surface area contributed by atoms with Crippen LogP contribution in [0.3, 0.4) is 0 Å². The van der Waals surface area contributed by atoms with Gasteiger partial charge >= 0.3 is 6.09 Å². The van der Waals surface area contributed by atoms with Crippen LogP contribution in [0.2, 0.25) is 0 Å². The van der Waals surface area contributed by atoms with Gasteiger partial charge in [0.2, 0.25) is 0 Å². The lowest BCUT2D eigenvalue weighted by atomic mass is 9.98. The summed E-state index contributed by atoms with van der Waals surface area (Å²) < 4.78 is 8.44. The molecule has 0 aliphatic carbocycles. The summed E-state index contributed by atoms with van der Waals surface area (Å²) in [5.41, 5.74) is 2.87. The van der Waals surface area contributed by atoms with Crippen molar-refractivity contribution in [3.05, 3.63) is 28.5 Å². The van der Waals surface area contributed by atoms with Crippen LogP contribution in [0.15, 0.2) is 22.8 Å². The molecule has 0 saturated heterocycles. The van der Waals surface area contributed by atoms with Crippen LogP contribution in [-0.4, -0.2) is 27.8 Å². The zero-order chi connectivity index (χ0) is 17.9. The highest BCUT2D eigenvalue weighted by molar-refractivity contribution is 9.10. The molecule has 0 aliphatic heterocycles. The van der Waals surface area contributed by atoms with Gasteiger partial charge in [-0.25, -0.2) is 4.79 Å². The number of hydrogen-bond acceptors (Lipinski definition) is 3. The van der Waals surface area contributed by atoms with Crippen LogP contribution < -0.4 is 5.32 Å². The Kier molecular flexibility index (Phi) is 5.91. The second-order valence-electron chi connectivity index (χ2n) is 7.01. The normalized spacial score (nSPS) is 13.1. The number of nitrogens with zero attached hydrogens (tertiary/aromatic N) is 2. The van der Waals surface area contributed by atoms with E-state index in [-0.39, 0.29) is 6.09 Å². The molecule has 0 saturated carbocycles. The van der Waals surface area contributed by atoms with Crippen molar-refractivity contribution in [3.63, 3.8) is 0 Å². The summed E-state index contributed by atoms with van der Waals surface area (Å²) in [4.78, 5) is 16.2. The average molecular weight is 396 g/mol. The van der Waals surface area contributed by atoms with E-state index in [1.54, 1.807) is 0 Å². The summed E-state index contributed by atoms with van der Waals surface area (Å²) in [6.45, 7) is 8.34. The number of fused-ring (bicyclic) bond motifs is 1. The molecule has 0 bridgehead atoms. The number of pyridine rings is 1. The van der Waals surface area contributed by atoms with E-state index in [0.29, 0.717) is 12.5 Å². The van der Waals surface area contributed by atoms with Crippen LogP contribution in [0.1, 0.15) is 52.1 Å². The molecule has 6 heteroatoms. The molecule has 0 radical (unpaired) electrons. The number of aryl methyl sites for hydroxylation is 1. The number of nitrogens with one attached hydrogen (secondary N) is 1. The van der Waals surface area contributed by atoms with Gasteiger partial charge in [-0.15, -0.1) is 0 Å². The molecule has 1 atom stereocenters. The van der Waals surface area contributed by atoms with E-state index in [9.17, 15) is 4.79 Å². The molecular formula is C18H26BrN3O2.